The van der Waals surface area contributed by atoms with E-state index >= 15 is 0 Å². The first-order chi connectivity index (χ1) is 9.20. The molecule has 112 valence electrons. The summed E-state index contributed by atoms with van der Waals surface area (Å²) in [6, 6.07) is 6.43. The van der Waals surface area contributed by atoms with E-state index in [0.717, 1.165) is 5.56 Å². The fraction of sp³-hybridized carbons (Fsp3) is 0.462. The highest BCUT2D eigenvalue weighted by atomic mass is 32.2. The number of sulfonamides is 1. The smallest absolute Gasteiger partial charge is 0.240 e. The van der Waals surface area contributed by atoms with Gasteiger partial charge < -0.3 is 10.6 Å². The maximum absolute atomic E-state index is 12.2. The Hall–Kier alpha value is -1.02. The van der Waals surface area contributed by atoms with Gasteiger partial charge in [0.25, 0.3) is 0 Å². The lowest BCUT2D eigenvalue weighted by Crippen LogP contribution is -2.39. The van der Waals surface area contributed by atoms with Crippen molar-refractivity contribution in [2.24, 2.45) is 5.73 Å². The van der Waals surface area contributed by atoms with Crippen LogP contribution in [0.15, 0.2) is 29.2 Å². The highest BCUT2D eigenvalue weighted by Gasteiger charge is 2.17. The Morgan fingerprint density at radius 2 is 1.90 bits per heavy atom. The Labute approximate surface area is 126 Å². The van der Waals surface area contributed by atoms with Gasteiger partial charge in [0.1, 0.15) is 0 Å². The zero-order valence-corrected chi connectivity index (χ0v) is 13.6. The van der Waals surface area contributed by atoms with E-state index in [-0.39, 0.29) is 10.9 Å². The average molecular weight is 315 g/mol. The van der Waals surface area contributed by atoms with Crippen LogP contribution in [0.5, 0.6) is 0 Å². The largest absolute Gasteiger partial charge is 0.393 e. The number of benzene rings is 1. The molecule has 1 atom stereocenters. The Balaban J connectivity index is 2.80. The molecule has 0 saturated heterocycles. The normalized spacial score (nSPS) is 13.4. The fourth-order valence-corrected chi connectivity index (χ4v) is 3.31. The van der Waals surface area contributed by atoms with Crippen LogP contribution in [0.1, 0.15) is 12.5 Å². The molecule has 0 radical (unpaired) electrons. The van der Waals surface area contributed by atoms with Crippen LogP contribution in [0.3, 0.4) is 0 Å². The van der Waals surface area contributed by atoms with Crippen molar-refractivity contribution >= 4 is 27.2 Å². The van der Waals surface area contributed by atoms with E-state index in [1.165, 1.54) is 0 Å². The van der Waals surface area contributed by atoms with E-state index in [2.05, 4.69) is 4.72 Å². The van der Waals surface area contributed by atoms with Crippen molar-refractivity contribution in [1.82, 2.24) is 9.62 Å². The van der Waals surface area contributed by atoms with Crippen molar-refractivity contribution in [3.8, 4) is 0 Å². The summed E-state index contributed by atoms with van der Waals surface area (Å²) in [6.07, 6.45) is 0.472. The zero-order chi connectivity index (χ0) is 15.3. The highest BCUT2D eigenvalue weighted by molar-refractivity contribution is 7.89. The minimum atomic E-state index is -3.49. The molecule has 0 fully saturated rings. The zero-order valence-electron chi connectivity index (χ0n) is 12.0. The maximum Gasteiger partial charge on any atom is 0.240 e. The first-order valence-electron chi connectivity index (χ1n) is 6.25. The number of likely N-dealkylation sites (N-methyl/N-ethyl adjacent to an activating group) is 1. The molecular formula is C13H21N3O2S2. The molecule has 3 N–H and O–H groups in total. The van der Waals surface area contributed by atoms with Gasteiger partial charge in [-0.15, -0.1) is 0 Å². The van der Waals surface area contributed by atoms with Gasteiger partial charge in [-0.25, -0.2) is 13.1 Å². The van der Waals surface area contributed by atoms with Gasteiger partial charge in [0, 0.05) is 19.0 Å². The van der Waals surface area contributed by atoms with Crippen molar-refractivity contribution in [3.63, 3.8) is 0 Å². The van der Waals surface area contributed by atoms with E-state index < -0.39 is 10.0 Å². The number of hydrogen-bond acceptors (Lipinski definition) is 4. The lowest BCUT2D eigenvalue weighted by atomic mass is 10.1. The summed E-state index contributed by atoms with van der Waals surface area (Å²) in [6.45, 7) is 2.47. The number of nitrogens with one attached hydrogen (secondary N) is 1. The maximum atomic E-state index is 12.2. The van der Waals surface area contributed by atoms with E-state index in [1.807, 2.05) is 25.9 Å². The molecule has 0 aliphatic carbocycles. The van der Waals surface area contributed by atoms with Crippen LogP contribution in [0, 0.1) is 0 Å². The Morgan fingerprint density at radius 1 is 1.35 bits per heavy atom. The van der Waals surface area contributed by atoms with Gasteiger partial charge in [-0.2, -0.15) is 0 Å². The summed E-state index contributed by atoms with van der Waals surface area (Å²) in [4.78, 5) is 2.56. The minimum Gasteiger partial charge on any atom is -0.393 e. The summed E-state index contributed by atoms with van der Waals surface area (Å²) in [5.74, 6) is 0. The molecule has 0 aromatic heterocycles. The summed E-state index contributed by atoms with van der Waals surface area (Å²) >= 11 is 4.82. The van der Waals surface area contributed by atoms with Crippen molar-refractivity contribution in [2.75, 3.05) is 20.6 Å². The number of hydrogen-bond donors (Lipinski definition) is 2. The van der Waals surface area contributed by atoms with Crippen molar-refractivity contribution in [2.45, 2.75) is 24.3 Å². The number of thiocarbonyl (C=S) groups is 1. The predicted octanol–water partition coefficient (Wildman–Crippen LogP) is 0.744. The van der Waals surface area contributed by atoms with E-state index in [1.54, 1.807) is 24.3 Å². The molecule has 0 saturated carbocycles. The van der Waals surface area contributed by atoms with E-state index in [4.69, 9.17) is 18.0 Å². The average Bonchev–Trinajstić information content (AvgIpc) is 2.26. The molecule has 0 spiro atoms. The third kappa shape index (κ3) is 5.54. The SMILES string of the molecule is CC(CN(C)C)NS(=O)(=O)c1ccc(CC(N)=S)cc1. The number of rotatable bonds is 7. The Bertz CT molecular complexity index is 553. The summed E-state index contributed by atoms with van der Waals surface area (Å²) in [5, 5.41) is 0. The highest BCUT2D eigenvalue weighted by Crippen LogP contribution is 2.11. The molecule has 5 nitrogen and oxygen atoms in total. The molecule has 1 unspecified atom stereocenters. The standard InChI is InChI=1S/C13H21N3O2S2/c1-10(9-16(2)3)15-20(17,18)12-6-4-11(5-7-12)8-13(14)19/h4-7,10,15H,8-9H2,1-3H3,(H2,14,19). The lowest BCUT2D eigenvalue weighted by molar-refractivity contribution is 0.370. The molecule has 0 heterocycles. The second-order valence-electron chi connectivity index (χ2n) is 5.07. The van der Waals surface area contributed by atoms with E-state index in [0.29, 0.717) is 18.0 Å². The van der Waals surface area contributed by atoms with Crippen LogP contribution in [0.4, 0.5) is 0 Å². The first kappa shape index (κ1) is 17.0. The Morgan fingerprint density at radius 3 is 2.35 bits per heavy atom. The van der Waals surface area contributed by atoms with Crippen molar-refractivity contribution in [3.05, 3.63) is 29.8 Å². The second-order valence-corrected chi connectivity index (χ2v) is 7.31. The van der Waals surface area contributed by atoms with Crippen molar-refractivity contribution in [1.29, 1.82) is 0 Å². The van der Waals surface area contributed by atoms with Gasteiger partial charge >= 0.3 is 0 Å². The topological polar surface area (TPSA) is 75.4 Å². The van der Waals surface area contributed by atoms with Gasteiger partial charge in [0.05, 0.1) is 9.88 Å². The summed E-state index contributed by atoms with van der Waals surface area (Å²) < 4.78 is 27.0. The van der Waals surface area contributed by atoms with Crippen LogP contribution in [0.2, 0.25) is 0 Å². The van der Waals surface area contributed by atoms with Gasteiger partial charge in [0.2, 0.25) is 10.0 Å². The van der Waals surface area contributed by atoms with Gasteiger partial charge in [-0.05, 0) is 38.7 Å². The van der Waals surface area contributed by atoms with Crippen LogP contribution in [-0.4, -0.2) is 45.0 Å². The quantitative estimate of drug-likeness (QED) is 0.726. The van der Waals surface area contributed by atoms with Gasteiger partial charge in [-0.3, -0.25) is 0 Å². The van der Waals surface area contributed by atoms with Crippen LogP contribution < -0.4 is 10.5 Å². The lowest BCUT2D eigenvalue weighted by Gasteiger charge is -2.18. The van der Waals surface area contributed by atoms with Crippen LogP contribution in [0.25, 0.3) is 0 Å². The van der Waals surface area contributed by atoms with Gasteiger partial charge in [0.15, 0.2) is 0 Å². The predicted molar refractivity (Wildman–Crippen MR) is 85.3 cm³/mol. The van der Waals surface area contributed by atoms with Crippen LogP contribution >= 0.6 is 12.2 Å². The third-order valence-electron chi connectivity index (χ3n) is 2.61. The van der Waals surface area contributed by atoms with Crippen molar-refractivity contribution < 1.29 is 8.42 Å². The molecule has 1 aromatic carbocycles. The summed E-state index contributed by atoms with van der Waals surface area (Å²) in [7, 11) is 0.305. The fourth-order valence-electron chi connectivity index (χ4n) is 1.91. The van der Waals surface area contributed by atoms with E-state index in [9.17, 15) is 8.42 Å². The number of nitrogens with two attached hydrogens (primary N) is 1. The molecule has 7 heteroatoms. The monoisotopic (exact) mass is 315 g/mol. The second kappa shape index (κ2) is 7.12. The Kier molecular flexibility index (Phi) is 6.07. The number of nitrogens with zero attached hydrogens (tertiary/aromatic N) is 1. The molecule has 0 aliphatic rings. The molecule has 1 aromatic rings. The molecule has 0 bridgehead atoms. The third-order valence-corrected chi connectivity index (χ3v) is 4.36. The minimum absolute atomic E-state index is 0.161. The molecular weight excluding hydrogens is 294 g/mol. The molecule has 0 amide bonds. The molecule has 1 rings (SSSR count). The molecule has 0 aliphatic heterocycles. The first-order valence-corrected chi connectivity index (χ1v) is 8.14. The van der Waals surface area contributed by atoms with Crippen LogP contribution in [-0.2, 0) is 16.4 Å². The summed E-state index contributed by atoms with van der Waals surface area (Å²) in [5.41, 5.74) is 6.36. The van der Waals surface area contributed by atoms with Gasteiger partial charge in [-0.1, -0.05) is 24.4 Å². The molecule has 20 heavy (non-hydrogen) atoms.